The molecule has 0 aromatic carbocycles. The van der Waals surface area contributed by atoms with E-state index < -0.39 is 11.8 Å². The van der Waals surface area contributed by atoms with Gasteiger partial charge < -0.3 is 11.5 Å². The molecule has 4 heteroatoms. The number of carbonyl (C=O) groups is 2. The molecule has 4 nitrogen and oxygen atoms in total. The van der Waals surface area contributed by atoms with Crippen molar-refractivity contribution in [3.63, 3.8) is 0 Å². The monoisotopic (exact) mass is 226 g/mol. The first-order valence-electron chi connectivity index (χ1n) is 5.81. The number of hydrogen-bond acceptors (Lipinski definition) is 2. The van der Waals surface area contributed by atoms with E-state index in [1.807, 2.05) is 0 Å². The summed E-state index contributed by atoms with van der Waals surface area (Å²) in [6.45, 7) is 4.20. The van der Waals surface area contributed by atoms with Crippen molar-refractivity contribution in [2.24, 2.45) is 17.4 Å². The van der Waals surface area contributed by atoms with Crippen molar-refractivity contribution in [2.45, 2.75) is 46.0 Å². The van der Waals surface area contributed by atoms with Crippen molar-refractivity contribution < 1.29 is 9.59 Å². The smallest absolute Gasteiger partial charge is 0.244 e. The lowest BCUT2D eigenvalue weighted by atomic mass is 9.91. The van der Waals surface area contributed by atoms with Gasteiger partial charge in [0.15, 0.2) is 0 Å². The molecule has 1 atom stereocenters. The van der Waals surface area contributed by atoms with Crippen LogP contribution in [-0.2, 0) is 9.59 Å². The van der Waals surface area contributed by atoms with Gasteiger partial charge in [-0.2, -0.15) is 0 Å². The Morgan fingerprint density at radius 1 is 1.25 bits per heavy atom. The maximum absolute atomic E-state index is 11.1. The number of primary amides is 2. The Kier molecular flexibility index (Phi) is 7.25. The molecule has 0 aliphatic heterocycles. The minimum Gasteiger partial charge on any atom is -0.366 e. The van der Waals surface area contributed by atoms with Crippen molar-refractivity contribution >= 4 is 11.8 Å². The Hall–Kier alpha value is -1.32. The van der Waals surface area contributed by atoms with Gasteiger partial charge in [0, 0.05) is 11.6 Å². The van der Waals surface area contributed by atoms with Crippen LogP contribution in [0.5, 0.6) is 0 Å². The van der Waals surface area contributed by atoms with Crippen LogP contribution in [0.2, 0.25) is 0 Å². The number of unbranched alkanes of at least 4 members (excludes halogenated alkanes) is 1. The fourth-order valence-electron chi connectivity index (χ4n) is 1.66. The third-order valence-electron chi connectivity index (χ3n) is 2.68. The lowest BCUT2D eigenvalue weighted by molar-refractivity contribution is -0.116. The van der Waals surface area contributed by atoms with E-state index in [0.717, 1.165) is 31.8 Å². The van der Waals surface area contributed by atoms with E-state index in [2.05, 4.69) is 13.8 Å². The van der Waals surface area contributed by atoms with Crippen LogP contribution in [0.25, 0.3) is 0 Å². The molecule has 0 spiro atoms. The van der Waals surface area contributed by atoms with Crippen LogP contribution < -0.4 is 11.5 Å². The van der Waals surface area contributed by atoms with Crippen molar-refractivity contribution in [2.75, 3.05) is 0 Å². The zero-order chi connectivity index (χ0) is 12.6. The quantitative estimate of drug-likeness (QED) is 0.614. The van der Waals surface area contributed by atoms with Crippen LogP contribution in [-0.4, -0.2) is 11.8 Å². The lowest BCUT2D eigenvalue weighted by Gasteiger charge is -2.14. The van der Waals surface area contributed by atoms with Crippen molar-refractivity contribution in [1.29, 1.82) is 0 Å². The first-order chi connectivity index (χ1) is 7.51. The minimum absolute atomic E-state index is 0.343. The van der Waals surface area contributed by atoms with Gasteiger partial charge in [-0.1, -0.05) is 39.5 Å². The van der Waals surface area contributed by atoms with Crippen LogP contribution in [0.4, 0.5) is 0 Å². The number of nitrogens with two attached hydrogens (primary N) is 2. The second-order valence-corrected chi connectivity index (χ2v) is 4.06. The van der Waals surface area contributed by atoms with E-state index in [-0.39, 0.29) is 0 Å². The van der Waals surface area contributed by atoms with Gasteiger partial charge in [0.05, 0.1) is 0 Å². The lowest BCUT2D eigenvalue weighted by Crippen LogP contribution is -2.19. The zero-order valence-corrected chi connectivity index (χ0v) is 10.2. The molecule has 0 heterocycles. The molecule has 0 radical (unpaired) electrons. The van der Waals surface area contributed by atoms with Crippen molar-refractivity contribution in [3.05, 3.63) is 11.6 Å². The predicted molar refractivity (Wildman–Crippen MR) is 64.4 cm³/mol. The van der Waals surface area contributed by atoms with E-state index in [1.54, 1.807) is 0 Å². The van der Waals surface area contributed by atoms with Gasteiger partial charge >= 0.3 is 0 Å². The maximum atomic E-state index is 11.1. The highest BCUT2D eigenvalue weighted by Crippen LogP contribution is 2.21. The first-order valence-corrected chi connectivity index (χ1v) is 5.81. The molecule has 0 aliphatic rings. The highest BCUT2D eigenvalue weighted by atomic mass is 16.1. The molecule has 16 heavy (non-hydrogen) atoms. The minimum atomic E-state index is -0.612. The second-order valence-electron chi connectivity index (χ2n) is 4.06. The summed E-state index contributed by atoms with van der Waals surface area (Å²) in [4.78, 5) is 21.8. The Morgan fingerprint density at radius 2 is 1.88 bits per heavy atom. The SMILES string of the molecule is CCCCC(CC)CC(=CC(N)=O)C(N)=O. The molecular formula is C12H22N2O2. The normalized spacial score (nSPS) is 13.5. The van der Waals surface area contributed by atoms with Gasteiger partial charge in [-0.15, -0.1) is 0 Å². The average Bonchev–Trinajstić information content (AvgIpc) is 2.21. The van der Waals surface area contributed by atoms with Crippen molar-refractivity contribution in [1.82, 2.24) is 0 Å². The molecule has 0 aromatic rings. The van der Waals surface area contributed by atoms with Crippen LogP contribution in [0.15, 0.2) is 11.6 Å². The highest BCUT2D eigenvalue weighted by molar-refractivity contribution is 5.99. The van der Waals surface area contributed by atoms with E-state index in [0.29, 0.717) is 17.9 Å². The summed E-state index contributed by atoms with van der Waals surface area (Å²) in [5, 5.41) is 0. The summed E-state index contributed by atoms with van der Waals surface area (Å²) >= 11 is 0. The third kappa shape index (κ3) is 6.22. The zero-order valence-electron chi connectivity index (χ0n) is 10.2. The molecule has 0 saturated carbocycles. The van der Waals surface area contributed by atoms with Gasteiger partial charge in [0.25, 0.3) is 0 Å². The van der Waals surface area contributed by atoms with E-state index >= 15 is 0 Å². The topological polar surface area (TPSA) is 86.2 Å². The molecule has 1 unspecified atom stereocenters. The summed E-state index contributed by atoms with van der Waals surface area (Å²) < 4.78 is 0. The van der Waals surface area contributed by atoms with E-state index in [1.165, 1.54) is 0 Å². The maximum Gasteiger partial charge on any atom is 0.244 e. The Labute approximate surface area is 97.1 Å². The largest absolute Gasteiger partial charge is 0.366 e. The number of carbonyl (C=O) groups excluding carboxylic acids is 2. The summed E-state index contributed by atoms with van der Waals surface area (Å²) in [5.74, 6) is -0.758. The molecule has 0 saturated heterocycles. The first kappa shape index (κ1) is 14.7. The fourth-order valence-corrected chi connectivity index (χ4v) is 1.66. The fraction of sp³-hybridized carbons (Fsp3) is 0.667. The van der Waals surface area contributed by atoms with Gasteiger partial charge in [-0.25, -0.2) is 0 Å². The van der Waals surface area contributed by atoms with E-state index in [4.69, 9.17) is 11.5 Å². The molecule has 0 fully saturated rings. The second kappa shape index (κ2) is 7.91. The molecule has 4 N–H and O–H groups in total. The molecule has 0 rings (SSSR count). The molecule has 92 valence electrons. The summed E-state index contributed by atoms with van der Waals surface area (Å²) in [6, 6.07) is 0. The number of hydrogen-bond donors (Lipinski definition) is 2. The average molecular weight is 226 g/mol. The number of rotatable bonds is 8. The Morgan fingerprint density at radius 3 is 2.25 bits per heavy atom. The van der Waals surface area contributed by atoms with Crippen LogP contribution in [0.1, 0.15) is 46.0 Å². The standard InChI is InChI=1S/C12H22N2O2/c1-3-5-6-9(4-2)7-10(12(14)16)8-11(13)15/h8-9H,3-7H2,1-2H3,(H2,13,15)(H2,14,16). The molecule has 0 bridgehead atoms. The summed E-state index contributed by atoms with van der Waals surface area (Å²) in [6.07, 6.45) is 5.98. The molecule has 2 amide bonds. The van der Waals surface area contributed by atoms with Gasteiger partial charge in [0.2, 0.25) is 11.8 Å². The van der Waals surface area contributed by atoms with Crippen LogP contribution >= 0.6 is 0 Å². The van der Waals surface area contributed by atoms with E-state index in [9.17, 15) is 9.59 Å². The Bertz CT molecular complexity index is 272. The van der Waals surface area contributed by atoms with Gasteiger partial charge in [-0.3, -0.25) is 9.59 Å². The Balaban J connectivity index is 4.47. The molecule has 0 aliphatic carbocycles. The van der Waals surface area contributed by atoms with Crippen LogP contribution in [0, 0.1) is 5.92 Å². The third-order valence-corrected chi connectivity index (χ3v) is 2.68. The molecular weight excluding hydrogens is 204 g/mol. The molecule has 0 aromatic heterocycles. The predicted octanol–water partition coefficient (Wildman–Crippen LogP) is 1.49. The van der Waals surface area contributed by atoms with Crippen LogP contribution in [0.3, 0.4) is 0 Å². The number of amides is 2. The summed E-state index contributed by atoms with van der Waals surface area (Å²) in [5.41, 5.74) is 10.6. The summed E-state index contributed by atoms with van der Waals surface area (Å²) in [7, 11) is 0. The van der Waals surface area contributed by atoms with Crippen molar-refractivity contribution in [3.8, 4) is 0 Å². The highest BCUT2D eigenvalue weighted by Gasteiger charge is 2.13. The van der Waals surface area contributed by atoms with Gasteiger partial charge in [-0.05, 0) is 12.3 Å². The van der Waals surface area contributed by atoms with Gasteiger partial charge in [0.1, 0.15) is 0 Å².